The van der Waals surface area contributed by atoms with Crippen LogP contribution in [0.15, 0.2) is 97.6 Å². The summed E-state index contributed by atoms with van der Waals surface area (Å²) in [6.45, 7) is 11.8. The Balaban J connectivity index is 0.000000245. The highest BCUT2D eigenvalue weighted by atomic mass is 16.6. The number of ether oxygens (including phenoxy) is 1. The number of benzene rings is 2. The van der Waals surface area contributed by atoms with Gasteiger partial charge >= 0.3 is 6.09 Å². The first-order valence-electron chi connectivity index (χ1n) is 20.7. The van der Waals surface area contributed by atoms with Gasteiger partial charge in [0, 0.05) is 64.7 Å². The van der Waals surface area contributed by atoms with E-state index in [4.69, 9.17) is 16.2 Å². The Hall–Kier alpha value is -7.72. The second-order valence-corrected chi connectivity index (χ2v) is 15.3. The second kappa shape index (κ2) is 21.4. The smallest absolute Gasteiger partial charge is 0.407 e. The van der Waals surface area contributed by atoms with Crippen molar-refractivity contribution in [3.63, 3.8) is 0 Å². The minimum Gasteiger partial charge on any atom is -0.508 e. The monoisotopic (exact) mass is 867 g/mol. The summed E-state index contributed by atoms with van der Waals surface area (Å²) in [7, 11) is 0. The molecule has 64 heavy (non-hydrogen) atoms. The molecule has 0 saturated carbocycles. The van der Waals surface area contributed by atoms with Crippen molar-refractivity contribution in [3.8, 4) is 56.0 Å². The zero-order chi connectivity index (χ0) is 46.6. The molecular formula is C48H53N9O7. The Morgan fingerprint density at radius 3 is 1.61 bits per heavy atom. The molecule has 4 aromatic heterocycles. The lowest BCUT2D eigenvalue weighted by Crippen LogP contribution is -2.32. The van der Waals surface area contributed by atoms with Crippen LogP contribution < -0.4 is 27.4 Å². The molecule has 0 atom stereocenters. The van der Waals surface area contributed by atoms with Crippen LogP contribution in [-0.2, 0) is 28.9 Å². The Kier molecular flexibility index (Phi) is 15.8. The quantitative estimate of drug-likeness (QED) is 0.0624. The number of anilines is 1. The molecule has 0 aliphatic carbocycles. The molecule has 0 saturated heterocycles. The SMILES string of the molecule is CCNC(=O)c1ccc(-c2cnc(CNC(=O)OC(C)(C)C)c(-c3ccc(O)cc3)c2CC)cn1.CCc1c(-c2ccc(C(N)=O)nc2)cnc(NC(=O)CN)c1-c1ccc(O)cc1. The molecule has 0 radical (unpaired) electrons. The zero-order valence-corrected chi connectivity index (χ0v) is 36.7. The molecular weight excluding hydrogens is 815 g/mol. The average molecular weight is 868 g/mol. The summed E-state index contributed by atoms with van der Waals surface area (Å²) in [6, 6.07) is 20.4. The van der Waals surface area contributed by atoms with Crippen molar-refractivity contribution in [1.29, 1.82) is 0 Å². The molecule has 0 bridgehead atoms. The molecule has 0 spiro atoms. The first kappa shape index (κ1) is 47.3. The maximum atomic E-state index is 12.3. The number of aromatic nitrogens is 4. The lowest BCUT2D eigenvalue weighted by molar-refractivity contribution is -0.114. The molecule has 16 heteroatoms. The van der Waals surface area contributed by atoms with Crippen molar-refractivity contribution >= 4 is 29.6 Å². The summed E-state index contributed by atoms with van der Waals surface area (Å²) in [4.78, 5) is 65.1. The lowest BCUT2D eigenvalue weighted by Gasteiger charge is -2.21. The molecule has 4 amide bonds. The van der Waals surface area contributed by atoms with E-state index in [-0.39, 0.29) is 42.1 Å². The number of phenols is 2. The number of pyridine rings is 4. The molecule has 0 fully saturated rings. The van der Waals surface area contributed by atoms with Crippen molar-refractivity contribution in [2.75, 3.05) is 18.4 Å². The summed E-state index contributed by atoms with van der Waals surface area (Å²) in [5.74, 6) is -0.506. The summed E-state index contributed by atoms with van der Waals surface area (Å²) in [6.07, 6.45) is 7.44. The van der Waals surface area contributed by atoms with Gasteiger partial charge in [-0.15, -0.1) is 0 Å². The normalized spacial score (nSPS) is 10.9. The number of phenolic OH excluding ortho intramolecular Hbond substituents is 2. The van der Waals surface area contributed by atoms with Crippen molar-refractivity contribution in [2.45, 2.75) is 66.5 Å². The van der Waals surface area contributed by atoms with Crippen LogP contribution in [0.25, 0.3) is 44.5 Å². The number of aromatic hydroxyl groups is 2. The fourth-order valence-electron chi connectivity index (χ4n) is 6.80. The molecule has 0 unspecified atom stereocenters. The highest BCUT2D eigenvalue weighted by molar-refractivity contribution is 5.97. The maximum absolute atomic E-state index is 12.3. The van der Waals surface area contributed by atoms with E-state index in [2.05, 4.69) is 35.9 Å². The first-order chi connectivity index (χ1) is 30.6. The Morgan fingerprint density at radius 1 is 0.641 bits per heavy atom. The van der Waals surface area contributed by atoms with Gasteiger partial charge < -0.3 is 42.4 Å². The summed E-state index contributed by atoms with van der Waals surface area (Å²) in [5, 5.41) is 27.7. The first-order valence-corrected chi connectivity index (χ1v) is 20.7. The highest BCUT2D eigenvalue weighted by Gasteiger charge is 2.22. The molecule has 4 heterocycles. The van der Waals surface area contributed by atoms with Crippen LogP contribution in [0.5, 0.6) is 11.5 Å². The third kappa shape index (κ3) is 12.0. The summed E-state index contributed by atoms with van der Waals surface area (Å²) >= 11 is 0. The minimum absolute atomic E-state index is 0.134. The number of carbonyl (C=O) groups excluding carboxylic acids is 4. The summed E-state index contributed by atoms with van der Waals surface area (Å²) < 4.78 is 5.37. The zero-order valence-electron chi connectivity index (χ0n) is 36.7. The van der Waals surface area contributed by atoms with Crippen LogP contribution in [0.2, 0.25) is 0 Å². The van der Waals surface area contributed by atoms with Crippen LogP contribution in [-0.4, -0.2) is 72.7 Å². The van der Waals surface area contributed by atoms with Gasteiger partial charge in [-0.05, 0) is 99.2 Å². The van der Waals surface area contributed by atoms with Gasteiger partial charge in [0.15, 0.2) is 0 Å². The Labute approximate surface area is 371 Å². The molecule has 6 aromatic rings. The van der Waals surface area contributed by atoms with Crippen molar-refractivity contribution in [1.82, 2.24) is 30.6 Å². The van der Waals surface area contributed by atoms with Crippen molar-refractivity contribution in [3.05, 3.63) is 126 Å². The van der Waals surface area contributed by atoms with Crippen molar-refractivity contribution < 1.29 is 34.1 Å². The number of carbonyl (C=O) groups is 4. The van der Waals surface area contributed by atoms with E-state index in [0.29, 0.717) is 36.6 Å². The van der Waals surface area contributed by atoms with Gasteiger partial charge in [0.2, 0.25) is 5.91 Å². The van der Waals surface area contributed by atoms with Gasteiger partial charge in [0.25, 0.3) is 11.8 Å². The van der Waals surface area contributed by atoms with Gasteiger partial charge in [-0.3, -0.25) is 29.3 Å². The van der Waals surface area contributed by atoms with E-state index in [9.17, 15) is 29.4 Å². The second-order valence-electron chi connectivity index (χ2n) is 15.3. The van der Waals surface area contributed by atoms with Gasteiger partial charge in [0.1, 0.15) is 34.3 Å². The molecule has 0 aliphatic heterocycles. The number of amides is 4. The number of primary amides is 1. The number of nitrogens with zero attached hydrogens (tertiary/aromatic N) is 4. The van der Waals surface area contributed by atoms with E-state index < -0.39 is 17.6 Å². The Morgan fingerprint density at radius 2 is 1.14 bits per heavy atom. The fourth-order valence-corrected chi connectivity index (χ4v) is 6.80. The molecule has 9 N–H and O–H groups in total. The van der Waals surface area contributed by atoms with E-state index >= 15 is 0 Å². The third-order valence-corrected chi connectivity index (χ3v) is 9.68. The van der Waals surface area contributed by atoms with Crippen LogP contribution >= 0.6 is 0 Å². The minimum atomic E-state index is -0.608. The number of nitrogens with one attached hydrogen (secondary N) is 3. The number of hydrogen-bond donors (Lipinski definition) is 7. The van der Waals surface area contributed by atoms with Gasteiger partial charge in [-0.2, -0.15) is 0 Å². The van der Waals surface area contributed by atoms with E-state index in [1.165, 1.54) is 0 Å². The van der Waals surface area contributed by atoms with Gasteiger partial charge in [0.05, 0.1) is 18.8 Å². The standard InChI is InChI=1S/C27H32N4O4.C21H21N5O3/c1-6-20-21(18-10-13-22(29-14-18)25(33)28-7-2)15-30-23(16-31-26(34)35-27(3,4)5)24(20)17-8-11-19(32)12-9-17;1-2-15-16(13-5-8-17(20(23)29)24-10-13)11-25-21(26-18(28)9-22)19(15)12-3-6-14(27)7-4-12/h8-15,32H,6-7,16H2,1-5H3,(H,28,33)(H,31,34);3-8,10-11,27H,2,9,22H2,1H3,(H2,23,29)(H,25,26,28). The van der Waals surface area contributed by atoms with E-state index in [0.717, 1.165) is 55.6 Å². The lowest BCUT2D eigenvalue weighted by atomic mass is 9.90. The van der Waals surface area contributed by atoms with E-state index in [1.54, 1.807) is 79.4 Å². The fraction of sp³-hybridized carbons (Fsp3) is 0.250. The average Bonchev–Trinajstić information content (AvgIpc) is 3.28. The Bertz CT molecular complexity index is 2590. The molecule has 332 valence electrons. The predicted molar refractivity (Wildman–Crippen MR) is 245 cm³/mol. The van der Waals surface area contributed by atoms with Crippen LogP contribution in [0.1, 0.15) is 79.3 Å². The molecule has 16 nitrogen and oxygen atoms in total. The highest BCUT2D eigenvalue weighted by Crippen LogP contribution is 2.38. The topological polar surface area (TPSA) is 258 Å². The number of hydrogen-bond acceptors (Lipinski definition) is 12. The maximum Gasteiger partial charge on any atom is 0.407 e. The van der Waals surface area contributed by atoms with Crippen LogP contribution in [0.3, 0.4) is 0 Å². The van der Waals surface area contributed by atoms with Crippen LogP contribution in [0.4, 0.5) is 10.6 Å². The predicted octanol–water partition coefficient (Wildman–Crippen LogP) is 6.93. The van der Waals surface area contributed by atoms with E-state index in [1.807, 2.05) is 59.7 Å². The van der Waals surface area contributed by atoms with Crippen LogP contribution in [0, 0.1) is 0 Å². The van der Waals surface area contributed by atoms with Gasteiger partial charge in [-0.25, -0.2) is 9.78 Å². The van der Waals surface area contributed by atoms with Crippen molar-refractivity contribution in [2.24, 2.45) is 11.5 Å². The third-order valence-electron chi connectivity index (χ3n) is 9.68. The number of rotatable bonds is 13. The number of alkyl carbamates (subject to hydrolysis) is 1. The largest absolute Gasteiger partial charge is 0.508 e. The molecule has 6 rings (SSSR count). The summed E-state index contributed by atoms with van der Waals surface area (Å²) in [5.41, 5.74) is 19.7. The number of nitrogens with two attached hydrogens (primary N) is 2. The van der Waals surface area contributed by atoms with Gasteiger partial charge in [-0.1, -0.05) is 50.2 Å². The molecule has 2 aromatic carbocycles. The molecule has 0 aliphatic rings.